The van der Waals surface area contributed by atoms with E-state index in [-0.39, 0.29) is 12.6 Å². The van der Waals surface area contributed by atoms with Crippen molar-refractivity contribution >= 4 is 0 Å². The van der Waals surface area contributed by atoms with E-state index in [2.05, 4.69) is 11.8 Å². The van der Waals surface area contributed by atoms with Crippen LogP contribution in [0.2, 0.25) is 0 Å². The lowest BCUT2D eigenvalue weighted by Crippen LogP contribution is -2.46. The fourth-order valence-corrected chi connectivity index (χ4v) is 1.88. The molecule has 1 rings (SSSR count). The van der Waals surface area contributed by atoms with Crippen molar-refractivity contribution in [2.75, 3.05) is 26.2 Å². The fourth-order valence-electron chi connectivity index (χ4n) is 1.88. The highest BCUT2D eigenvalue weighted by molar-refractivity contribution is 4.78. The van der Waals surface area contributed by atoms with Gasteiger partial charge in [0.25, 0.3) is 0 Å². The summed E-state index contributed by atoms with van der Waals surface area (Å²) in [5, 5.41) is 9.11. The van der Waals surface area contributed by atoms with Crippen LogP contribution in [-0.4, -0.2) is 42.3 Å². The molecule has 0 saturated heterocycles. The predicted molar refractivity (Wildman–Crippen MR) is 54.5 cm³/mol. The molecule has 1 saturated carbocycles. The summed E-state index contributed by atoms with van der Waals surface area (Å²) in [6, 6.07) is 0.172. The maximum absolute atomic E-state index is 9.11. The van der Waals surface area contributed by atoms with Crippen LogP contribution in [0.25, 0.3) is 0 Å². The molecule has 3 N–H and O–H groups in total. The maximum atomic E-state index is 9.11. The van der Waals surface area contributed by atoms with Gasteiger partial charge in [0, 0.05) is 19.1 Å². The molecule has 0 spiro atoms. The zero-order valence-electron chi connectivity index (χ0n) is 8.58. The monoisotopic (exact) mass is 186 g/mol. The van der Waals surface area contributed by atoms with Crippen molar-refractivity contribution in [3.63, 3.8) is 0 Å². The lowest BCUT2D eigenvalue weighted by Gasteiger charge is -2.35. The van der Waals surface area contributed by atoms with Crippen LogP contribution in [0.1, 0.15) is 26.2 Å². The second-order valence-electron chi connectivity index (χ2n) is 3.96. The van der Waals surface area contributed by atoms with Crippen LogP contribution in [0.15, 0.2) is 0 Å². The van der Waals surface area contributed by atoms with Gasteiger partial charge >= 0.3 is 0 Å². The summed E-state index contributed by atoms with van der Waals surface area (Å²) < 4.78 is 0. The van der Waals surface area contributed by atoms with Gasteiger partial charge in [0.1, 0.15) is 0 Å². The molecule has 1 aliphatic carbocycles. The Bertz CT molecular complexity index is 133. The minimum absolute atomic E-state index is 0.172. The smallest absolute Gasteiger partial charge is 0.0599 e. The average molecular weight is 186 g/mol. The maximum Gasteiger partial charge on any atom is 0.0599 e. The van der Waals surface area contributed by atoms with E-state index in [9.17, 15) is 0 Å². The van der Waals surface area contributed by atoms with Gasteiger partial charge in [0.2, 0.25) is 0 Å². The summed E-state index contributed by atoms with van der Waals surface area (Å²) in [5.74, 6) is 0.862. The molecule has 0 aromatic heterocycles. The minimum Gasteiger partial charge on any atom is -0.395 e. The van der Waals surface area contributed by atoms with Crippen molar-refractivity contribution in [3.05, 3.63) is 0 Å². The second kappa shape index (κ2) is 5.58. The Labute approximate surface area is 80.9 Å². The van der Waals surface area contributed by atoms with Gasteiger partial charge in [-0.25, -0.2) is 0 Å². The first-order valence-electron chi connectivity index (χ1n) is 5.36. The van der Waals surface area contributed by atoms with Crippen LogP contribution in [-0.2, 0) is 0 Å². The Morgan fingerprint density at radius 2 is 2.23 bits per heavy atom. The molecule has 3 heteroatoms. The SMILES string of the molecule is CCN(CC1CCC1)C(CN)CO. The van der Waals surface area contributed by atoms with Crippen LogP contribution in [0.4, 0.5) is 0 Å². The van der Waals surface area contributed by atoms with Crippen molar-refractivity contribution in [1.29, 1.82) is 0 Å². The molecule has 1 fully saturated rings. The van der Waals surface area contributed by atoms with Gasteiger partial charge in [-0.05, 0) is 25.3 Å². The zero-order chi connectivity index (χ0) is 9.68. The van der Waals surface area contributed by atoms with Gasteiger partial charge in [-0.2, -0.15) is 0 Å². The van der Waals surface area contributed by atoms with Crippen LogP contribution < -0.4 is 5.73 Å². The molecule has 0 aromatic carbocycles. The Morgan fingerprint density at radius 1 is 1.54 bits per heavy atom. The number of hydrogen-bond acceptors (Lipinski definition) is 3. The molecule has 0 aromatic rings. The van der Waals surface area contributed by atoms with Crippen molar-refractivity contribution in [3.8, 4) is 0 Å². The van der Waals surface area contributed by atoms with Crippen molar-refractivity contribution in [2.24, 2.45) is 11.7 Å². The lowest BCUT2D eigenvalue weighted by atomic mass is 9.85. The summed E-state index contributed by atoms with van der Waals surface area (Å²) in [7, 11) is 0. The first-order valence-corrected chi connectivity index (χ1v) is 5.36. The highest BCUT2D eigenvalue weighted by Crippen LogP contribution is 2.27. The predicted octanol–water partition coefficient (Wildman–Crippen LogP) is 0.428. The van der Waals surface area contributed by atoms with Gasteiger partial charge < -0.3 is 10.8 Å². The third-order valence-electron chi connectivity index (χ3n) is 3.12. The molecular weight excluding hydrogens is 164 g/mol. The summed E-state index contributed by atoms with van der Waals surface area (Å²) in [5.41, 5.74) is 5.59. The Morgan fingerprint density at radius 3 is 2.54 bits per heavy atom. The van der Waals surface area contributed by atoms with Crippen LogP contribution in [0, 0.1) is 5.92 Å². The highest BCUT2D eigenvalue weighted by atomic mass is 16.3. The van der Waals surface area contributed by atoms with Gasteiger partial charge in [-0.1, -0.05) is 13.3 Å². The van der Waals surface area contributed by atoms with E-state index in [4.69, 9.17) is 10.8 Å². The Balaban J connectivity index is 2.30. The van der Waals surface area contributed by atoms with Gasteiger partial charge in [-0.15, -0.1) is 0 Å². The van der Waals surface area contributed by atoms with Crippen molar-refractivity contribution in [2.45, 2.75) is 32.2 Å². The molecule has 0 aliphatic heterocycles. The molecule has 1 atom stereocenters. The first-order chi connectivity index (χ1) is 6.31. The molecule has 0 heterocycles. The molecule has 1 unspecified atom stereocenters. The van der Waals surface area contributed by atoms with Gasteiger partial charge in [0.05, 0.1) is 6.61 Å². The van der Waals surface area contributed by atoms with E-state index >= 15 is 0 Å². The number of nitrogens with zero attached hydrogens (tertiary/aromatic N) is 1. The Hall–Kier alpha value is -0.120. The lowest BCUT2D eigenvalue weighted by molar-refractivity contribution is 0.0975. The first kappa shape index (κ1) is 11.0. The van der Waals surface area contributed by atoms with E-state index < -0.39 is 0 Å². The fraction of sp³-hybridized carbons (Fsp3) is 1.00. The Kier molecular flexibility index (Phi) is 4.70. The van der Waals surface area contributed by atoms with Crippen molar-refractivity contribution in [1.82, 2.24) is 4.90 Å². The molecule has 13 heavy (non-hydrogen) atoms. The molecule has 0 bridgehead atoms. The minimum atomic E-state index is 0.172. The third-order valence-corrected chi connectivity index (χ3v) is 3.12. The second-order valence-corrected chi connectivity index (χ2v) is 3.96. The van der Waals surface area contributed by atoms with E-state index in [1.807, 2.05) is 0 Å². The number of aliphatic hydroxyl groups is 1. The summed E-state index contributed by atoms with van der Waals surface area (Å²) in [4.78, 5) is 2.31. The molecule has 0 radical (unpaired) electrons. The largest absolute Gasteiger partial charge is 0.395 e. The van der Waals surface area contributed by atoms with Crippen molar-refractivity contribution < 1.29 is 5.11 Å². The third kappa shape index (κ3) is 2.93. The van der Waals surface area contributed by atoms with Gasteiger partial charge in [-0.3, -0.25) is 4.90 Å². The quantitative estimate of drug-likeness (QED) is 0.632. The van der Waals surface area contributed by atoms with Crippen LogP contribution in [0.3, 0.4) is 0 Å². The highest BCUT2D eigenvalue weighted by Gasteiger charge is 2.23. The number of rotatable bonds is 6. The molecular formula is C10H22N2O. The number of aliphatic hydroxyl groups excluding tert-OH is 1. The number of nitrogens with two attached hydrogens (primary N) is 1. The van der Waals surface area contributed by atoms with E-state index in [1.54, 1.807) is 0 Å². The standard InChI is InChI=1S/C10H22N2O/c1-2-12(10(6-11)8-13)7-9-4-3-5-9/h9-10,13H,2-8,11H2,1H3. The van der Waals surface area contributed by atoms with Gasteiger partial charge in [0.15, 0.2) is 0 Å². The normalized spacial score (nSPS) is 20.3. The number of hydrogen-bond donors (Lipinski definition) is 2. The van der Waals surface area contributed by atoms with E-state index in [0.29, 0.717) is 6.54 Å². The number of likely N-dealkylation sites (N-methyl/N-ethyl adjacent to an activating group) is 1. The van der Waals surface area contributed by atoms with E-state index in [0.717, 1.165) is 19.0 Å². The summed E-state index contributed by atoms with van der Waals surface area (Å²) >= 11 is 0. The van der Waals surface area contributed by atoms with Crippen LogP contribution >= 0.6 is 0 Å². The molecule has 0 amide bonds. The topological polar surface area (TPSA) is 49.5 Å². The summed E-state index contributed by atoms with van der Waals surface area (Å²) in [6.45, 7) is 5.02. The zero-order valence-corrected chi connectivity index (χ0v) is 8.58. The average Bonchev–Trinajstić information content (AvgIpc) is 2.09. The molecule has 3 nitrogen and oxygen atoms in total. The van der Waals surface area contributed by atoms with Crippen LogP contribution in [0.5, 0.6) is 0 Å². The van der Waals surface area contributed by atoms with E-state index in [1.165, 1.54) is 19.3 Å². The molecule has 78 valence electrons. The molecule has 1 aliphatic rings. The summed E-state index contributed by atoms with van der Waals surface area (Å²) in [6.07, 6.45) is 4.10.